The molecular formula is C95H82. The number of benzene rings is 15. The Morgan fingerprint density at radius 1 is 0.232 bits per heavy atom. The van der Waals surface area contributed by atoms with Crippen molar-refractivity contribution in [3.8, 4) is 44.5 Å². The highest BCUT2D eigenvalue weighted by molar-refractivity contribution is 5.89. The van der Waals surface area contributed by atoms with Crippen molar-refractivity contribution >= 4 is 32.3 Å². The number of rotatable bonds is 3. The van der Waals surface area contributed by atoms with E-state index in [1.807, 2.05) is 0 Å². The number of hydrogen-bond donors (Lipinski definition) is 0. The predicted octanol–water partition coefficient (Wildman–Crippen LogP) is 25.3. The van der Waals surface area contributed by atoms with Gasteiger partial charge < -0.3 is 0 Å². The Balaban J connectivity index is 0.000000106. The Morgan fingerprint density at radius 2 is 0.642 bits per heavy atom. The number of hydrogen-bond acceptors (Lipinski definition) is 0. The van der Waals surface area contributed by atoms with E-state index in [0.29, 0.717) is 0 Å². The Kier molecular flexibility index (Phi) is 18.3. The van der Waals surface area contributed by atoms with Crippen LogP contribution >= 0.6 is 0 Å². The zero-order valence-corrected chi connectivity index (χ0v) is 56.0. The fourth-order valence-corrected chi connectivity index (χ4v) is 14.5. The highest BCUT2D eigenvalue weighted by Crippen LogP contribution is 2.56. The molecule has 95 heavy (non-hydrogen) atoms. The quantitative estimate of drug-likeness (QED) is 0.165. The minimum Gasteiger partial charge on any atom is -0.0622 e. The maximum absolute atomic E-state index is 2.37. The fourth-order valence-electron chi connectivity index (χ4n) is 14.5. The van der Waals surface area contributed by atoms with Crippen molar-refractivity contribution in [2.75, 3.05) is 0 Å². The summed E-state index contributed by atoms with van der Waals surface area (Å²) in [6, 6.07) is 122. The summed E-state index contributed by atoms with van der Waals surface area (Å²) < 4.78 is 0. The molecule has 0 saturated heterocycles. The molecule has 0 fully saturated rings. The zero-order chi connectivity index (χ0) is 65.5. The van der Waals surface area contributed by atoms with Crippen molar-refractivity contribution in [3.63, 3.8) is 0 Å². The largest absolute Gasteiger partial charge is 0.0713 e. The molecule has 0 aliphatic heterocycles. The Hall–Kier alpha value is -10.9. The van der Waals surface area contributed by atoms with Crippen molar-refractivity contribution in [1.29, 1.82) is 0 Å². The van der Waals surface area contributed by atoms with Gasteiger partial charge in [-0.2, -0.15) is 0 Å². The second-order valence-electron chi connectivity index (χ2n) is 26.4. The molecule has 15 aromatic rings. The molecule has 3 aliphatic rings. The van der Waals surface area contributed by atoms with Crippen molar-refractivity contribution in [1.82, 2.24) is 0 Å². The van der Waals surface area contributed by atoms with E-state index in [4.69, 9.17) is 0 Å². The van der Waals surface area contributed by atoms with Gasteiger partial charge in [0.05, 0.1) is 5.41 Å². The molecule has 0 saturated carbocycles. The molecular weight excluding hydrogens is 1140 g/mol. The summed E-state index contributed by atoms with van der Waals surface area (Å²) in [5.41, 5.74) is 30.0. The topological polar surface area (TPSA) is 0 Å². The first-order valence-electron chi connectivity index (χ1n) is 33.5. The Labute approximate surface area is 563 Å². The van der Waals surface area contributed by atoms with Gasteiger partial charge in [0.1, 0.15) is 0 Å². The molecule has 0 spiro atoms. The lowest BCUT2D eigenvalue weighted by Gasteiger charge is -2.34. The van der Waals surface area contributed by atoms with Crippen molar-refractivity contribution < 1.29 is 0 Å². The van der Waals surface area contributed by atoms with E-state index in [0.717, 1.165) is 6.42 Å². The zero-order valence-electron chi connectivity index (χ0n) is 56.0. The predicted molar refractivity (Wildman–Crippen MR) is 408 cm³/mol. The molecule has 3 aliphatic carbocycles. The lowest BCUT2D eigenvalue weighted by molar-refractivity contribution is 0.660. The van der Waals surface area contributed by atoms with E-state index in [2.05, 4.69) is 395 Å². The van der Waals surface area contributed by atoms with Crippen molar-refractivity contribution in [3.05, 3.63) is 418 Å². The van der Waals surface area contributed by atoms with Crippen LogP contribution in [0.15, 0.2) is 340 Å². The molecule has 0 heterocycles. The Morgan fingerprint density at radius 3 is 1.28 bits per heavy atom. The van der Waals surface area contributed by atoms with E-state index in [1.54, 1.807) is 0 Å². The third-order valence-corrected chi connectivity index (χ3v) is 19.3. The molecule has 0 atom stereocenters. The lowest BCUT2D eigenvalue weighted by Crippen LogP contribution is -2.28. The van der Waals surface area contributed by atoms with E-state index in [1.165, 1.54) is 155 Å². The number of aryl methyl sites for hydroxylation is 6. The van der Waals surface area contributed by atoms with Gasteiger partial charge in [-0.3, -0.25) is 0 Å². The third-order valence-electron chi connectivity index (χ3n) is 19.3. The van der Waals surface area contributed by atoms with Crippen LogP contribution in [0.1, 0.15) is 91.7 Å². The van der Waals surface area contributed by atoms with Gasteiger partial charge in [0, 0.05) is 5.41 Å². The van der Waals surface area contributed by atoms with Crippen LogP contribution < -0.4 is 0 Å². The molecule has 462 valence electrons. The SMILES string of the molecule is Cc1ccc(-c2ccc3ccccc3c2)cc1.Cc1ccc2c(c1)C(C)(C)c1ccccc1-2.Cc1ccc2c(c1)C(c1ccccc1)(c1ccccc1)c1ccccc1-2.Cc1ccc2c(c1)Cc1ccccc1-2.Cc1ccc2ccccc2c1.Cc1cccc2ccccc12. The summed E-state index contributed by atoms with van der Waals surface area (Å²) in [5, 5.41) is 7.92. The maximum atomic E-state index is 2.37. The third kappa shape index (κ3) is 13.1. The van der Waals surface area contributed by atoms with Gasteiger partial charge in [0.15, 0.2) is 0 Å². The fraction of sp³-hybridized carbons (Fsp3) is 0.116. The minimum absolute atomic E-state index is 0.151. The standard InChI is InChI=1S/C26H20.C17H14.C16H16.C14H12.2C11H10/c1-19-16-17-23-22-14-8-9-15-24(22)26(25(23)18-19,20-10-4-2-5-11-20)21-12-6-3-7-13-21;1-13-6-8-15(9-7-13)17-11-10-14-4-2-3-5-16(14)12-17;1-11-8-9-13-12-6-4-5-7-14(12)16(2,3)15(13)10-11;1-10-6-7-14-12(8-10)9-11-4-2-3-5-13(11)14;1-9-5-4-7-10-6-2-3-8-11(9)10;1-9-6-7-10-4-2-3-5-11(10)8-9/h2-18H,1H3;2-12H,1H3;4-10H,1-3H3;2-8H,9H2,1H3;2*2-8H,1H3. The van der Waals surface area contributed by atoms with Crippen LogP contribution in [0.5, 0.6) is 0 Å². The monoisotopic (exact) mass is 1220 g/mol. The Bertz CT molecular complexity index is 5130. The first-order chi connectivity index (χ1) is 46.3. The van der Waals surface area contributed by atoms with E-state index in [9.17, 15) is 0 Å². The first-order valence-corrected chi connectivity index (χ1v) is 33.5. The van der Waals surface area contributed by atoms with Crippen LogP contribution in [0.3, 0.4) is 0 Å². The molecule has 0 N–H and O–H groups in total. The molecule has 0 unspecified atom stereocenters. The van der Waals surface area contributed by atoms with E-state index >= 15 is 0 Å². The van der Waals surface area contributed by atoms with Crippen LogP contribution in [-0.2, 0) is 17.3 Å². The average molecular weight is 1220 g/mol. The normalized spacial score (nSPS) is 12.5. The van der Waals surface area contributed by atoms with Gasteiger partial charge in [-0.05, 0) is 181 Å². The average Bonchev–Trinajstić information content (AvgIpc) is 1.56. The van der Waals surface area contributed by atoms with Crippen LogP contribution in [0.25, 0.3) is 76.8 Å². The molecule has 18 rings (SSSR count). The van der Waals surface area contributed by atoms with Gasteiger partial charge in [0.25, 0.3) is 0 Å². The molecule has 0 heteroatoms. The molecule has 0 nitrogen and oxygen atoms in total. The first kappa shape index (κ1) is 62.9. The second-order valence-corrected chi connectivity index (χ2v) is 26.4. The second kappa shape index (κ2) is 27.7. The van der Waals surface area contributed by atoms with Crippen molar-refractivity contribution in [2.45, 2.75) is 72.6 Å². The maximum Gasteiger partial charge on any atom is 0.0713 e. The summed E-state index contributed by atoms with van der Waals surface area (Å²) in [4.78, 5) is 0. The molecule has 0 aromatic heterocycles. The molecule has 15 aromatic carbocycles. The van der Waals surface area contributed by atoms with Crippen molar-refractivity contribution in [2.24, 2.45) is 0 Å². The van der Waals surface area contributed by atoms with Gasteiger partial charge in [0.2, 0.25) is 0 Å². The summed E-state index contributed by atoms with van der Waals surface area (Å²) in [7, 11) is 0. The van der Waals surface area contributed by atoms with Crippen LogP contribution in [0.4, 0.5) is 0 Å². The molecule has 0 bridgehead atoms. The van der Waals surface area contributed by atoms with Crippen LogP contribution in [0.2, 0.25) is 0 Å². The summed E-state index contributed by atoms with van der Waals surface area (Å²) in [6.45, 7) is 17.5. The van der Waals surface area contributed by atoms with Crippen LogP contribution in [-0.4, -0.2) is 0 Å². The molecule has 0 radical (unpaired) electrons. The smallest absolute Gasteiger partial charge is 0.0622 e. The van der Waals surface area contributed by atoms with Gasteiger partial charge in [-0.25, -0.2) is 0 Å². The lowest BCUT2D eigenvalue weighted by atomic mass is 9.67. The van der Waals surface area contributed by atoms with Gasteiger partial charge in [-0.15, -0.1) is 0 Å². The van der Waals surface area contributed by atoms with Gasteiger partial charge in [-0.1, -0.05) is 375 Å². The molecule has 0 amide bonds. The highest BCUT2D eigenvalue weighted by atomic mass is 14.5. The summed E-state index contributed by atoms with van der Waals surface area (Å²) in [5.74, 6) is 0. The number of fused-ring (bicyclic) bond motifs is 12. The highest BCUT2D eigenvalue weighted by Gasteiger charge is 2.46. The summed E-state index contributed by atoms with van der Waals surface area (Å²) in [6.07, 6.45) is 1.10. The van der Waals surface area contributed by atoms with Crippen LogP contribution in [0, 0.1) is 41.5 Å². The van der Waals surface area contributed by atoms with E-state index < -0.39 is 0 Å². The van der Waals surface area contributed by atoms with E-state index in [-0.39, 0.29) is 10.8 Å². The van der Waals surface area contributed by atoms with Gasteiger partial charge >= 0.3 is 0 Å². The summed E-state index contributed by atoms with van der Waals surface area (Å²) >= 11 is 0. The minimum atomic E-state index is -0.263.